The molecule has 156 valence electrons. The van der Waals surface area contributed by atoms with Crippen molar-refractivity contribution in [2.45, 2.75) is 109 Å². The van der Waals surface area contributed by atoms with Crippen molar-refractivity contribution in [3.63, 3.8) is 0 Å². The van der Waals surface area contributed by atoms with Crippen molar-refractivity contribution in [2.24, 2.45) is 0 Å². The van der Waals surface area contributed by atoms with Gasteiger partial charge in [-0.1, -0.05) is 79.2 Å². The molecule has 1 aromatic rings. The number of anilines is 1. The second kappa shape index (κ2) is 8.71. The second-order valence-electron chi connectivity index (χ2n) is 11.1. The Morgan fingerprint density at radius 3 is 2.14 bits per heavy atom. The zero-order valence-electron chi connectivity index (χ0n) is 19.7. The lowest BCUT2D eigenvalue weighted by atomic mass is 9.94. The van der Waals surface area contributed by atoms with Gasteiger partial charge in [0, 0.05) is 14.1 Å². The molecule has 1 N–H and O–H groups in total. The van der Waals surface area contributed by atoms with Gasteiger partial charge in [0.05, 0.1) is 11.3 Å². The molecule has 0 aromatic carbocycles. The van der Waals surface area contributed by atoms with Crippen LogP contribution in [0.1, 0.15) is 64.6 Å². The minimum absolute atomic E-state index is 0.255. The van der Waals surface area contributed by atoms with Gasteiger partial charge in [-0.3, -0.25) is 0 Å². The van der Waals surface area contributed by atoms with Crippen LogP contribution in [0.3, 0.4) is 0 Å². The highest BCUT2D eigenvalue weighted by Gasteiger charge is 2.34. The van der Waals surface area contributed by atoms with Crippen molar-refractivity contribution >= 4 is 22.0 Å². The summed E-state index contributed by atoms with van der Waals surface area (Å²) < 4.78 is 0. The van der Waals surface area contributed by atoms with Crippen LogP contribution in [0.25, 0.3) is 0 Å². The average molecular weight is 416 g/mol. The first-order valence-electron chi connectivity index (χ1n) is 11.0. The zero-order chi connectivity index (χ0) is 21.2. The fraction of sp³-hybridized carbons (Fsp3) is 0.739. The molecule has 1 aromatic heterocycles. The zero-order valence-corrected chi connectivity index (χ0v) is 21.7. The molecule has 28 heavy (non-hydrogen) atoms. The second-order valence-corrected chi connectivity index (χ2v) is 21.6. The van der Waals surface area contributed by atoms with Crippen LogP contribution in [-0.4, -0.2) is 32.2 Å². The minimum atomic E-state index is -1.67. The molecule has 1 aliphatic rings. The molecule has 0 spiro atoms. The average Bonchev–Trinajstić information content (AvgIpc) is 2.59. The van der Waals surface area contributed by atoms with Gasteiger partial charge in [-0.25, -0.2) is 9.97 Å². The molecular weight excluding hydrogens is 374 g/mol. The van der Waals surface area contributed by atoms with E-state index in [1.807, 2.05) is 0 Å². The predicted octanol–water partition coefficient (Wildman–Crippen LogP) is 6.50. The third-order valence-corrected chi connectivity index (χ3v) is 14.5. The molecule has 0 unspecified atom stereocenters. The maximum Gasteiger partial charge on any atom is 0.145 e. The Morgan fingerprint density at radius 2 is 1.64 bits per heavy atom. The largest absolute Gasteiger partial charge is 0.366 e. The molecule has 1 aliphatic carbocycles. The van der Waals surface area contributed by atoms with Crippen LogP contribution in [0.5, 0.6) is 0 Å². The topological polar surface area (TPSA) is 37.8 Å². The van der Waals surface area contributed by atoms with Gasteiger partial charge < -0.3 is 5.32 Å². The first kappa shape index (κ1) is 23.2. The third-order valence-electron chi connectivity index (χ3n) is 6.93. The summed E-state index contributed by atoms with van der Waals surface area (Å²) in [5.41, 5.74) is 6.73. The lowest BCUT2D eigenvalue weighted by Gasteiger charge is -2.36. The standard InChI is InChI=1S/C23H41N3Si2/c1-10-21-20(15-16-28(8,9)23(2,3)4)22(25-17-24-21)26-18-11-13-19(14-12-18)27(5,6)7/h17-19H,10-14H2,1-9H3,(H,24,25,26)/t18-,19+. The summed E-state index contributed by atoms with van der Waals surface area (Å²) in [5.74, 6) is 4.49. The van der Waals surface area contributed by atoms with E-state index in [1.165, 1.54) is 25.7 Å². The molecule has 0 saturated heterocycles. The molecule has 1 heterocycles. The SMILES string of the molecule is CCc1ncnc(N[C@H]2CC[C@@H]([Si](C)(C)C)CC2)c1C#C[Si](C)(C)C(C)(C)C. The normalized spacial score (nSPS) is 21.0. The molecule has 5 heteroatoms. The molecule has 0 radical (unpaired) electrons. The first-order chi connectivity index (χ1) is 12.8. The Hall–Kier alpha value is -1.13. The van der Waals surface area contributed by atoms with E-state index in [1.54, 1.807) is 6.33 Å². The van der Waals surface area contributed by atoms with Crippen molar-refractivity contribution in [1.82, 2.24) is 9.97 Å². The van der Waals surface area contributed by atoms with E-state index in [4.69, 9.17) is 0 Å². The Labute approximate surface area is 175 Å². The number of aryl methyl sites for hydroxylation is 1. The quantitative estimate of drug-likeness (QED) is 0.450. The van der Waals surface area contributed by atoms with E-state index in [-0.39, 0.29) is 5.04 Å². The van der Waals surface area contributed by atoms with Crippen LogP contribution in [-0.2, 0) is 6.42 Å². The van der Waals surface area contributed by atoms with E-state index in [9.17, 15) is 0 Å². The van der Waals surface area contributed by atoms with Crippen molar-refractivity contribution in [2.75, 3.05) is 5.32 Å². The predicted molar refractivity (Wildman–Crippen MR) is 128 cm³/mol. The summed E-state index contributed by atoms with van der Waals surface area (Å²) in [6.45, 7) is 21.3. The van der Waals surface area contributed by atoms with E-state index in [2.05, 4.69) is 87.2 Å². The van der Waals surface area contributed by atoms with Crippen LogP contribution < -0.4 is 5.32 Å². The fourth-order valence-corrected chi connectivity index (χ4v) is 6.51. The summed E-state index contributed by atoms with van der Waals surface area (Å²) >= 11 is 0. The number of aromatic nitrogens is 2. The van der Waals surface area contributed by atoms with E-state index in [0.29, 0.717) is 6.04 Å². The Balaban J connectivity index is 2.23. The van der Waals surface area contributed by atoms with Gasteiger partial charge in [0.1, 0.15) is 20.2 Å². The molecular formula is C23H41N3Si2. The molecule has 1 saturated carbocycles. The van der Waals surface area contributed by atoms with Gasteiger partial charge >= 0.3 is 0 Å². The number of nitrogens with one attached hydrogen (secondary N) is 1. The molecule has 1 fully saturated rings. The third kappa shape index (κ3) is 5.70. The number of nitrogens with zero attached hydrogens (tertiary/aromatic N) is 2. The number of rotatable bonds is 4. The summed E-state index contributed by atoms with van der Waals surface area (Å²) in [4.78, 5) is 9.14. The van der Waals surface area contributed by atoms with Crippen LogP contribution in [0.2, 0.25) is 43.3 Å². The highest BCUT2D eigenvalue weighted by atomic mass is 28.3. The maximum absolute atomic E-state index is 4.61. The molecule has 3 nitrogen and oxygen atoms in total. The summed E-state index contributed by atoms with van der Waals surface area (Å²) in [6, 6.07) is 0.514. The van der Waals surface area contributed by atoms with E-state index in [0.717, 1.165) is 29.0 Å². The van der Waals surface area contributed by atoms with Gasteiger partial charge in [-0.2, -0.15) is 0 Å². The van der Waals surface area contributed by atoms with Crippen LogP contribution >= 0.6 is 0 Å². The molecule has 2 rings (SSSR count). The van der Waals surface area contributed by atoms with Crippen molar-refractivity contribution in [3.05, 3.63) is 17.6 Å². The van der Waals surface area contributed by atoms with E-state index >= 15 is 0 Å². The highest BCUT2D eigenvalue weighted by molar-refractivity contribution is 6.87. The van der Waals surface area contributed by atoms with Crippen LogP contribution in [0, 0.1) is 11.5 Å². The lowest BCUT2D eigenvalue weighted by Crippen LogP contribution is -2.35. The van der Waals surface area contributed by atoms with Crippen molar-refractivity contribution < 1.29 is 0 Å². The minimum Gasteiger partial charge on any atom is -0.366 e. The monoisotopic (exact) mass is 415 g/mol. The first-order valence-corrected chi connectivity index (χ1v) is 17.6. The fourth-order valence-electron chi connectivity index (χ4n) is 3.63. The number of hydrogen-bond donors (Lipinski definition) is 1. The van der Waals surface area contributed by atoms with Gasteiger partial charge in [0.25, 0.3) is 0 Å². The van der Waals surface area contributed by atoms with Gasteiger partial charge in [0.15, 0.2) is 0 Å². The Morgan fingerprint density at radius 1 is 1.04 bits per heavy atom. The van der Waals surface area contributed by atoms with Crippen molar-refractivity contribution in [1.29, 1.82) is 0 Å². The van der Waals surface area contributed by atoms with Crippen LogP contribution in [0.15, 0.2) is 6.33 Å². The maximum atomic E-state index is 4.61. The molecule has 0 amide bonds. The highest BCUT2D eigenvalue weighted by Crippen LogP contribution is 2.38. The summed E-state index contributed by atoms with van der Waals surface area (Å²) in [5, 5.41) is 4.00. The Kier molecular flexibility index (Phi) is 7.20. The smallest absolute Gasteiger partial charge is 0.145 e. The molecule has 0 aliphatic heterocycles. The van der Waals surface area contributed by atoms with E-state index < -0.39 is 16.1 Å². The Bertz CT molecular complexity index is 725. The molecule has 0 bridgehead atoms. The van der Waals surface area contributed by atoms with Crippen LogP contribution in [0.4, 0.5) is 5.82 Å². The summed E-state index contributed by atoms with van der Waals surface area (Å²) in [7, 11) is -2.70. The van der Waals surface area contributed by atoms with Gasteiger partial charge in [-0.15, -0.1) is 5.54 Å². The summed E-state index contributed by atoms with van der Waals surface area (Å²) in [6.07, 6.45) is 7.78. The van der Waals surface area contributed by atoms with Gasteiger partial charge in [0.2, 0.25) is 0 Å². The number of hydrogen-bond acceptors (Lipinski definition) is 3. The van der Waals surface area contributed by atoms with Crippen molar-refractivity contribution in [3.8, 4) is 11.5 Å². The lowest BCUT2D eigenvalue weighted by molar-refractivity contribution is 0.453. The molecule has 0 atom stereocenters. The van der Waals surface area contributed by atoms with Gasteiger partial charge in [-0.05, 0) is 29.8 Å².